The zero-order valence-corrected chi connectivity index (χ0v) is 7.75. The van der Waals surface area contributed by atoms with E-state index in [1.807, 2.05) is 22.7 Å². The van der Waals surface area contributed by atoms with Crippen molar-refractivity contribution in [3.8, 4) is 6.07 Å². The Morgan fingerprint density at radius 1 is 1.27 bits per heavy atom. The van der Waals surface area contributed by atoms with Crippen LogP contribution in [0.15, 0.2) is 36.8 Å². The first-order chi connectivity index (χ1) is 7.38. The fourth-order valence-electron chi connectivity index (χ4n) is 1.64. The average molecular weight is 194 g/mol. The third-order valence-corrected chi connectivity index (χ3v) is 2.35. The fraction of sp³-hybridized carbons (Fsp3) is 0. The molecule has 1 aromatic carbocycles. The molecular weight excluding hydrogens is 188 g/mol. The quantitative estimate of drug-likeness (QED) is 0.547. The van der Waals surface area contributed by atoms with Gasteiger partial charge in [-0.3, -0.25) is 9.38 Å². The van der Waals surface area contributed by atoms with E-state index >= 15 is 0 Å². The van der Waals surface area contributed by atoms with Gasteiger partial charge in [-0.25, -0.2) is 4.98 Å². The molecule has 0 radical (unpaired) electrons. The molecule has 0 aliphatic carbocycles. The molecule has 70 valence electrons. The summed E-state index contributed by atoms with van der Waals surface area (Å²) in [7, 11) is 0. The van der Waals surface area contributed by atoms with Crippen LogP contribution in [0.1, 0.15) is 5.56 Å². The van der Waals surface area contributed by atoms with Gasteiger partial charge in [0.25, 0.3) is 0 Å². The summed E-state index contributed by atoms with van der Waals surface area (Å²) in [5.74, 6) is 0. The monoisotopic (exact) mass is 194 g/mol. The molecule has 0 saturated heterocycles. The molecule has 0 unspecified atom stereocenters. The van der Waals surface area contributed by atoms with Crippen LogP contribution in [0.5, 0.6) is 0 Å². The van der Waals surface area contributed by atoms with Gasteiger partial charge in [-0.1, -0.05) is 0 Å². The Hall–Kier alpha value is -2.41. The number of hydrogen-bond donors (Lipinski definition) is 0. The summed E-state index contributed by atoms with van der Waals surface area (Å²) in [6, 6.07) is 7.53. The summed E-state index contributed by atoms with van der Waals surface area (Å²) in [5.41, 5.74) is 3.19. The number of nitriles is 1. The van der Waals surface area contributed by atoms with Crippen LogP contribution in [0.2, 0.25) is 0 Å². The maximum atomic E-state index is 8.82. The fourth-order valence-corrected chi connectivity index (χ4v) is 1.64. The van der Waals surface area contributed by atoms with E-state index in [0.717, 1.165) is 16.7 Å². The second-order valence-electron chi connectivity index (χ2n) is 3.23. The van der Waals surface area contributed by atoms with E-state index < -0.39 is 0 Å². The van der Waals surface area contributed by atoms with Crippen molar-refractivity contribution in [2.24, 2.45) is 0 Å². The van der Waals surface area contributed by atoms with Crippen molar-refractivity contribution in [3.05, 3.63) is 42.4 Å². The number of fused-ring (bicyclic) bond motifs is 3. The van der Waals surface area contributed by atoms with Crippen LogP contribution in [0.25, 0.3) is 16.7 Å². The lowest BCUT2D eigenvalue weighted by Gasteiger charge is -2.00. The number of benzene rings is 1. The summed E-state index contributed by atoms with van der Waals surface area (Å²) >= 11 is 0. The highest BCUT2D eigenvalue weighted by atomic mass is 15.0. The zero-order valence-electron chi connectivity index (χ0n) is 7.75. The molecule has 4 nitrogen and oxygen atoms in total. The topological polar surface area (TPSA) is 54.0 Å². The van der Waals surface area contributed by atoms with Crippen LogP contribution in [-0.2, 0) is 0 Å². The highest BCUT2D eigenvalue weighted by Gasteiger charge is 2.02. The molecule has 0 aliphatic rings. The molecule has 3 rings (SSSR count). The molecule has 4 heteroatoms. The van der Waals surface area contributed by atoms with Crippen LogP contribution in [0.4, 0.5) is 0 Å². The Bertz CT molecular complexity index is 690. The molecule has 15 heavy (non-hydrogen) atoms. The minimum Gasteiger partial charge on any atom is -0.297 e. The van der Waals surface area contributed by atoms with E-state index in [9.17, 15) is 0 Å². The van der Waals surface area contributed by atoms with Crippen LogP contribution in [-0.4, -0.2) is 14.4 Å². The van der Waals surface area contributed by atoms with Gasteiger partial charge in [-0.05, 0) is 18.2 Å². The summed E-state index contributed by atoms with van der Waals surface area (Å²) in [4.78, 5) is 8.41. The minimum atomic E-state index is 0.630. The molecule has 0 fully saturated rings. The summed E-state index contributed by atoms with van der Waals surface area (Å²) < 4.78 is 1.92. The number of imidazole rings is 1. The third-order valence-electron chi connectivity index (χ3n) is 2.35. The van der Waals surface area contributed by atoms with Crippen molar-refractivity contribution in [2.75, 3.05) is 0 Å². The van der Waals surface area contributed by atoms with Crippen molar-refractivity contribution in [2.45, 2.75) is 0 Å². The van der Waals surface area contributed by atoms with Crippen LogP contribution >= 0.6 is 0 Å². The molecule has 0 bridgehead atoms. The second kappa shape index (κ2) is 2.79. The van der Waals surface area contributed by atoms with Gasteiger partial charge in [0.2, 0.25) is 0 Å². The number of nitrogens with zero attached hydrogens (tertiary/aromatic N) is 4. The molecule has 2 aromatic heterocycles. The largest absolute Gasteiger partial charge is 0.297 e. The van der Waals surface area contributed by atoms with E-state index in [4.69, 9.17) is 5.26 Å². The highest BCUT2D eigenvalue weighted by Crippen LogP contribution is 2.15. The van der Waals surface area contributed by atoms with Crippen molar-refractivity contribution in [1.29, 1.82) is 5.26 Å². The van der Waals surface area contributed by atoms with Gasteiger partial charge in [-0.15, -0.1) is 0 Å². The molecule has 3 aromatic rings. The molecular formula is C11H6N4. The molecule has 0 saturated carbocycles. The molecule has 0 amide bonds. The Kier molecular flexibility index (Phi) is 1.48. The first-order valence-corrected chi connectivity index (χ1v) is 4.50. The van der Waals surface area contributed by atoms with Gasteiger partial charge < -0.3 is 0 Å². The molecule has 0 spiro atoms. The first-order valence-electron chi connectivity index (χ1n) is 4.50. The van der Waals surface area contributed by atoms with Gasteiger partial charge in [0.15, 0.2) is 5.65 Å². The highest BCUT2D eigenvalue weighted by molar-refractivity contribution is 5.78. The van der Waals surface area contributed by atoms with Gasteiger partial charge >= 0.3 is 0 Å². The van der Waals surface area contributed by atoms with Crippen molar-refractivity contribution >= 4 is 16.7 Å². The minimum absolute atomic E-state index is 0.630. The summed E-state index contributed by atoms with van der Waals surface area (Å²) in [6.07, 6.45) is 5.30. The smallest absolute Gasteiger partial charge is 0.155 e. The Morgan fingerprint density at radius 3 is 3.07 bits per heavy atom. The van der Waals surface area contributed by atoms with E-state index in [1.54, 1.807) is 18.5 Å². The SMILES string of the molecule is N#Cc1ccc2ncc3nccn3c2c1. The average Bonchev–Trinajstić information content (AvgIpc) is 2.76. The van der Waals surface area contributed by atoms with Crippen molar-refractivity contribution in [1.82, 2.24) is 14.4 Å². The number of rotatable bonds is 0. The zero-order chi connectivity index (χ0) is 10.3. The predicted molar refractivity (Wildman–Crippen MR) is 55.2 cm³/mol. The first kappa shape index (κ1) is 7.94. The Labute approximate surface area is 85.4 Å². The van der Waals surface area contributed by atoms with E-state index in [1.165, 1.54) is 0 Å². The molecule has 0 atom stereocenters. The van der Waals surface area contributed by atoms with Gasteiger partial charge in [0, 0.05) is 12.4 Å². The lowest BCUT2D eigenvalue weighted by atomic mass is 10.2. The second-order valence-corrected chi connectivity index (χ2v) is 3.23. The molecule has 0 aliphatic heterocycles. The van der Waals surface area contributed by atoms with E-state index in [0.29, 0.717) is 5.56 Å². The summed E-state index contributed by atoms with van der Waals surface area (Å²) in [5, 5.41) is 8.82. The molecule has 0 N–H and O–H groups in total. The van der Waals surface area contributed by atoms with Crippen molar-refractivity contribution < 1.29 is 0 Å². The predicted octanol–water partition coefficient (Wildman–Crippen LogP) is 1.75. The molecule has 2 heterocycles. The number of hydrogen-bond acceptors (Lipinski definition) is 3. The summed E-state index contributed by atoms with van der Waals surface area (Å²) in [6.45, 7) is 0. The van der Waals surface area contributed by atoms with E-state index in [2.05, 4.69) is 16.0 Å². The Balaban J connectivity index is 2.54. The maximum absolute atomic E-state index is 8.82. The van der Waals surface area contributed by atoms with Crippen molar-refractivity contribution in [3.63, 3.8) is 0 Å². The van der Waals surface area contributed by atoms with Crippen LogP contribution in [0.3, 0.4) is 0 Å². The lowest BCUT2D eigenvalue weighted by molar-refractivity contribution is 1.21. The standard InChI is InChI=1S/C11H6N4/c12-6-8-1-2-9-10(5-8)15-4-3-13-11(15)7-14-9/h1-5,7H. The maximum Gasteiger partial charge on any atom is 0.155 e. The number of aromatic nitrogens is 3. The van der Waals surface area contributed by atoms with Gasteiger partial charge in [0.1, 0.15) is 0 Å². The van der Waals surface area contributed by atoms with Crippen LogP contribution < -0.4 is 0 Å². The van der Waals surface area contributed by atoms with Gasteiger partial charge in [-0.2, -0.15) is 5.26 Å². The lowest BCUT2D eigenvalue weighted by Crippen LogP contribution is -1.90. The van der Waals surface area contributed by atoms with Crippen LogP contribution in [0, 0.1) is 11.3 Å². The van der Waals surface area contributed by atoms with E-state index in [-0.39, 0.29) is 0 Å². The van der Waals surface area contributed by atoms with Gasteiger partial charge in [0.05, 0.1) is 28.9 Å². The Morgan fingerprint density at radius 2 is 2.20 bits per heavy atom. The normalized spacial score (nSPS) is 10.6. The third kappa shape index (κ3) is 1.07.